The second-order valence-electron chi connectivity index (χ2n) is 6.14. The molecule has 0 fully saturated rings. The quantitative estimate of drug-likeness (QED) is 0.907. The Hall–Kier alpha value is -1.83. The molecule has 1 unspecified atom stereocenters. The lowest BCUT2D eigenvalue weighted by molar-refractivity contribution is -0.141. The van der Waals surface area contributed by atoms with E-state index in [2.05, 4.69) is 20.5 Å². The number of H-pyrrole nitrogens is 1. The van der Waals surface area contributed by atoms with Crippen LogP contribution in [0.4, 0.5) is 13.2 Å². The van der Waals surface area contributed by atoms with Gasteiger partial charge in [-0.25, -0.2) is 4.98 Å². The van der Waals surface area contributed by atoms with Crippen molar-refractivity contribution in [2.45, 2.75) is 46.0 Å². The van der Waals surface area contributed by atoms with Gasteiger partial charge in [-0.05, 0) is 32.7 Å². The van der Waals surface area contributed by atoms with Crippen LogP contribution in [0.5, 0.6) is 0 Å². The van der Waals surface area contributed by atoms with Gasteiger partial charge in [0.05, 0.1) is 5.69 Å². The summed E-state index contributed by atoms with van der Waals surface area (Å²) < 4.78 is 39.8. The van der Waals surface area contributed by atoms with E-state index in [1.54, 1.807) is 4.57 Å². The number of hydrogen-bond acceptors (Lipinski definition) is 3. The van der Waals surface area contributed by atoms with Crippen molar-refractivity contribution in [2.24, 2.45) is 5.92 Å². The van der Waals surface area contributed by atoms with Gasteiger partial charge in [0.1, 0.15) is 5.82 Å². The Balaban J connectivity index is 1.57. The normalized spacial score (nSPS) is 18.2. The van der Waals surface area contributed by atoms with Crippen LogP contribution in [0.2, 0.25) is 0 Å². The van der Waals surface area contributed by atoms with Gasteiger partial charge in [-0.3, -0.25) is 5.10 Å². The van der Waals surface area contributed by atoms with E-state index in [0.29, 0.717) is 24.7 Å². The summed E-state index contributed by atoms with van der Waals surface area (Å²) in [6.07, 6.45) is -1.79. The van der Waals surface area contributed by atoms with Crippen LogP contribution in [0.1, 0.15) is 34.9 Å². The monoisotopic (exact) mass is 327 g/mol. The summed E-state index contributed by atoms with van der Waals surface area (Å²) in [5.41, 5.74) is 2.39. The fourth-order valence-corrected chi connectivity index (χ4v) is 3.05. The third-order valence-corrected chi connectivity index (χ3v) is 4.40. The van der Waals surface area contributed by atoms with Crippen molar-refractivity contribution < 1.29 is 13.2 Å². The molecule has 0 aliphatic carbocycles. The third kappa shape index (κ3) is 3.41. The number of alkyl halides is 3. The summed E-state index contributed by atoms with van der Waals surface area (Å²) in [5.74, 6) is 0.848. The van der Waals surface area contributed by atoms with Crippen LogP contribution in [0, 0.1) is 19.8 Å². The third-order valence-electron chi connectivity index (χ3n) is 4.40. The van der Waals surface area contributed by atoms with Gasteiger partial charge in [0, 0.05) is 37.0 Å². The summed E-state index contributed by atoms with van der Waals surface area (Å²) in [6, 6.07) is 0. The molecule has 126 valence electrons. The van der Waals surface area contributed by atoms with Crippen molar-refractivity contribution in [2.75, 3.05) is 6.54 Å². The summed E-state index contributed by atoms with van der Waals surface area (Å²) in [4.78, 5) is 3.71. The Morgan fingerprint density at radius 1 is 1.39 bits per heavy atom. The van der Waals surface area contributed by atoms with Gasteiger partial charge in [0.2, 0.25) is 0 Å². The molecule has 0 saturated carbocycles. The first-order chi connectivity index (χ1) is 10.8. The number of fused-ring (bicyclic) bond motifs is 1. The van der Waals surface area contributed by atoms with Crippen molar-refractivity contribution in [3.63, 3.8) is 0 Å². The number of aromatic nitrogens is 4. The first-order valence-electron chi connectivity index (χ1n) is 7.69. The van der Waals surface area contributed by atoms with E-state index in [4.69, 9.17) is 0 Å². The lowest BCUT2D eigenvalue weighted by Gasteiger charge is -2.24. The number of aromatic amines is 1. The summed E-state index contributed by atoms with van der Waals surface area (Å²) in [5, 5.41) is 10.5. The molecular weight excluding hydrogens is 307 g/mol. The van der Waals surface area contributed by atoms with Crippen LogP contribution in [0.15, 0.2) is 6.20 Å². The van der Waals surface area contributed by atoms with E-state index in [1.165, 1.54) is 0 Å². The molecule has 0 saturated heterocycles. The van der Waals surface area contributed by atoms with Crippen LogP contribution >= 0.6 is 0 Å². The van der Waals surface area contributed by atoms with Crippen molar-refractivity contribution in [1.82, 2.24) is 25.1 Å². The highest BCUT2D eigenvalue weighted by molar-refractivity contribution is 5.22. The minimum Gasteiger partial charge on any atom is -0.334 e. The molecule has 3 heterocycles. The minimum absolute atomic E-state index is 0.310. The molecule has 3 rings (SSSR count). The standard InChI is InChI=1S/C15H20F3N5/c1-9-12(10(2)22-21-9)6-19-5-11-3-4-14-20-13(15(16,17)18)8-23(14)7-11/h8,11,19H,3-7H2,1-2H3,(H,21,22). The zero-order chi connectivity index (χ0) is 16.6. The highest BCUT2D eigenvalue weighted by Crippen LogP contribution is 2.30. The van der Waals surface area contributed by atoms with E-state index in [-0.39, 0.29) is 0 Å². The van der Waals surface area contributed by atoms with E-state index in [9.17, 15) is 13.2 Å². The first-order valence-corrected chi connectivity index (χ1v) is 7.69. The minimum atomic E-state index is -4.37. The maximum absolute atomic E-state index is 12.7. The van der Waals surface area contributed by atoms with E-state index in [1.807, 2.05) is 13.8 Å². The van der Waals surface area contributed by atoms with E-state index in [0.717, 1.165) is 42.7 Å². The van der Waals surface area contributed by atoms with Gasteiger partial charge in [-0.2, -0.15) is 18.3 Å². The number of nitrogens with zero attached hydrogens (tertiary/aromatic N) is 3. The number of halogens is 3. The van der Waals surface area contributed by atoms with Gasteiger partial charge >= 0.3 is 6.18 Å². The molecule has 0 bridgehead atoms. The molecule has 0 radical (unpaired) electrons. The molecule has 0 spiro atoms. The zero-order valence-corrected chi connectivity index (χ0v) is 13.2. The molecular formula is C15H20F3N5. The molecule has 0 aromatic carbocycles. The molecule has 1 atom stereocenters. The van der Waals surface area contributed by atoms with Crippen molar-refractivity contribution in [3.05, 3.63) is 34.7 Å². The maximum atomic E-state index is 12.7. The Bertz CT molecular complexity index is 666. The number of rotatable bonds is 4. The average molecular weight is 327 g/mol. The number of nitrogens with one attached hydrogen (secondary N) is 2. The van der Waals surface area contributed by atoms with Crippen LogP contribution in [-0.4, -0.2) is 26.3 Å². The number of aryl methyl sites for hydroxylation is 3. The molecule has 1 aliphatic rings. The second-order valence-corrected chi connectivity index (χ2v) is 6.14. The van der Waals surface area contributed by atoms with Crippen LogP contribution in [-0.2, 0) is 25.7 Å². The fraction of sp³-hybridized carbons (Fsp3) is 0.600. The Morgan fingerprint density at radius 3 is 2.83 bits per heavy atom. The van der Waals surface area contributed by atoms with Gasteiger partial charge < -0.3 is 9.88 Å². The molecule has 1 aliphatic heterocycles. The van der Waals surface area contributed by atoms with Crippen LogP contribution < -0.4 is 5.32 Å². The van der Waals surface area contributed by atoms with Gasteiger partial charge in [0.15, 0.2) is 5.69 Å². The smallest absolute Gasteiger partial charge is 0.334 e. The Labute approximate surface area is 132 Å². The topological polar surface area (TPSA) is 58.5 Å². The van der Waals surface area contributed by atoms with Gasteiger partial charge in [0.25, 0.3) is 0 Å². The second kappa shape index (κ2) is 5.99. The maximum Gasteiger partial charge on any atom is 0.434 e. The SMILES string of the molecule is Cc1n[nH]c(C)c1CNCC1CCc2nc(C(F)(F)F)cn2C1. The largest absolute Gasteiger partial charge is 0.434 e. The fourth-order valence-electron chi connectivity index (χ4n) is 3.05. The average Bonchev–Trinajstić information content (AvgIpc) is 3.04. The number of hydrogen-bond donors (Lipinski definition) is 2. The van der Waals surface area contributed by atoms with E-state index >= 15 is 0 Å². The summed E-state index contributed by atoms with van der Waals surface area (Å²) in [7, 11) is 0. The van der Waals surface area contributed by atoms with Crippen LogP contribution in [0.3, 0.4) is 0 Å². The van der Waals surface area contributed by atoms with Crippen molar-refractivity contribution in [1.29, 1.82) is 0 Å². The lowest BCUT2D eigenvalue weighted by Crippen LogP contribution is -2.30. The lowest BCUT2D eigenvalue weighted by atomic mass is 9.99. The molecule has 8 heteroatoms. The van der Waals surface area contributed by atoms with Gasteiger partial charge in [-0.1, -0.05) is 0 Å². The molecule has 2 N–H and O–H groups in total. The number of imidazole rings is 1. The summed E-state index contributed by atoms with van der Waals surface area (Å²) in [6.45, 7) is 6.00. The Kier molecular flexibility index (Phi) is 4.18. The van der Waals surface area contributed by atoms with Crippen molar-refractivity contribution >= 4 is 0 Å². The van der Waals surface area contributed by atoms with Crippen molar-refractivity contribution in [3.8, 4) is 0 Å². The van der Waals surface area contributed by atoms with Crippen LogP contribution in [0.25, 0.3) is 0 Å². The zero-order valence-electron chi connectivity index (χ0n) is 13.2. The van der Waals surface area contributed by atoms with Gasteiger partial charge in [-0.15, -0.1) is 0 Å². The molecule has 0 amide bonds. The highest BCUT2D eigenvalue weighted by atomic mass is 19.4. The summed E-state index contributed by atoms with van der Waals surface area (Å²) >= 11 is 0. The molecule has 5 nitrogen and oxygen atoms in total. The molecule has 23 heavy (non-hydrogen) atoms. The predicted molar refractivity (Wildman–Crippen MR) is 78.8 cm³/mol. The highest BCUT2D eigenvalue weighted by Gasteiger charge is 2.35. The molecule has 2 aromatic rings. The molecule has 2 aromatic heterocycles. The Morgan fingerprint density at radius 2 is 2.17 bits per heavy atom. The first kappa shape index (κ1) is 16.0. The predicted octanol–water partition coefficient (Wildman–Crippen LogP) is 2.59. The van der Waals surface area contributed by atoms with E-state index < -0.39 is 11.9 Å².